The molecule has 128 valence electrons. The minimum Gasteiger partial charge on any atom is -0.317 e. The molecule has 6 heteroatoms. The summed E-state index contributed by atoms with van der Waals surface area (Å²) in [5, 5.41) is 15.2. The highest BCUT2D eigenvalue weighted by atomic mass is 35.5. The maximum Gasteiger partial charge on any atom is 0.288 e. The van der Waals surface area contributed by atoms with E-state index in [1.807, 2.05) is 24.3 Å². The van der Waals surface area contributed by atoms with Gasteiger partial charge in [-0.3, -0.25) is 15.1 Å². The molecule has 2 heterocycles. The molecular formula is C19H18ClN3O2. The third-order valence-electron chi connectivity index (χ3n) is 5.12. The molecule has 1 aliphatic carbocycles. The van der Waals surface area contributed by atoms with Crippen molar-refractivity contribution in [1.29, 1.82) is 0 Å². The summed E-state index contributed by atoms with van der Waals surface area (Å²) in [5.74, 6) is 0.578. The number of hydrogen-bond acceptors (Lipinski definition) is 4. The van der Waals surface area contributed by atoms with E-state index in [-0.39, 0.29) is 11.6 Å². The summed E-state index contributed by atoms with van der Waals surface area (Å²) in [5.41, 5.74) is 4.04. The smallest absolute Gasteiger partial charge is 0.288 e. The lowest BCUT2D eigenvalue weighted by atomic mass is 9.76. The van der Waals surface area contributed by atoms with Gasteiger partial charge in [0.25, 0.3) is 5.69 Å². The van der Waals surface area contributed by atoms with E-state index in [9.17, 15) is 10.1 Å². The highest BCUT2D eigenvalue weighted by molar-refractivity contribution is 6.30. The van der Waals surface area contributed by atoms with Crippen LogP contribution in [0.5, 0.6) is 0 Å². The first kappa shape index (κ1) is 16.2. The summed E-state index contributed by atoms with van der Waals surface area (Å²) < 4.78 is 0. The molecule has 1 aromatic carbocycles. The predicted molar refractivity (Wildman–Crippen MR) is 98.7 cm³/mol. The fraction of sp³-hybridized carbons (Fsp3) is 0.316. The van der Waals surface area contributed by atoms with Crippen molar-refractivity contribution >= 4 is 29.4 Å². The van der Waals surface area contributed by atoms with Crippen LogP contribution in [0.4, 0.5) is 5.69 Å². The summed E-state index contributed by atoms with van der Waals surface area (Å²) >= 11 is 6.19. The van der Waals surface area contributed by atoms with E-state index in [2.05, 4.69) is 16.4 Å². The van der Waals surface area contributed by atoms with Crippen molar-refractivity contribution in [2.24, 2.45) is 5.92 Å². The molecule has 0 bridgehead atoms. The topological polar surface area (TPSA) is 68.1 Å². The van der Waals surface area contributed by atoms with Crippen molar-refractivity contribution < 1.29 is 4.92 Å². The lowest BCUT2D eigenvalue weighted by Crippen LogP contribution is -2.32. The second-order valence-corrected chi connectivity index (χ2v) is 7.03. The van der Waals surface area contributed by atoms with Gasteiger partial charge >= 0.3 is 0 Å². The number of nitrogens with one attached hydrogen (secondary N) is 1. The van der Waals surface area contributed by atoms with E-state index in [0.29, 0.717) is 10.9 Å². The molecule has 0 saturated carbocycles. The predicted octanol–water partition coefficient (Wildman–Crippen LogP) is 4.26. The summed E-state index contributed by atoms with van der Waals surface area (Å²) in [6.45, 7) is 1.97. The molecule has 0 spiro atoms. The van der Waals surface area contributed by atoms with Crippen LogP contribution in [0.1, 0.15) is 41.1 Å². The molecule has 1 saturated heterocycles. The molecule has 1 aromatic heterocycles. The summed E-state index contributed by atoms with van der Waals surface area (Å²) in [4.78, 5) is 15.3. The van der Waals surface area contributed by atoms with E-state index in [1.165, 1.54) is 11.8 Å². The molecule has 1 fully saturated rings. The zero-order chi connectivity index (χ0) is 17.4. The maximum atomic E-state index is 11.1. The van der Waals surface area contributed by atoms with Gasteiger partial charge in [0, 0.05) is 22.6 Å². The summed E-state index contributed by atoms with van der Waals surface area (Å²) in [6, 6.07) is 7.58. The first-order valence-corrected chi connectivity index (χ1v) is 8.84. The van der Waals surface area contributed by atoms with Crippen molar-refractivity contribution in [2.45, 2.75) is 18.8 Å². The van der Waals surface area contributed by atoms with Gasteiger partial charge in [0.15, 0.2) is 0 Å². The van der Waals surface area contributed by atoms with Crippen molar-refractivity contribution in [2.75, 3.05) is 13.1 Å². The molecule has 1 unspecified atom stereocenters. The lowest BCUT2D eigenvalue weighted by Gasteiger charge is -2.31. The van der Waals surface area contributed by atoms with E-state index >= 15 is 0 Å². The fourth-order valence-electron chi connectivity index (χ4n) is 3.93. The highest BCUT2D eigenvalue weighted by Gasteiger charge is 2.32. The Morgan fingerprint density at radius 3 is 2.68 bits per heavy atom. The Kier molecular flexibility index (Phi) is 4.27. The minimum atomic E-state index is -0.393. The average Bonchev–Trinajstić information content (AvgIpc) is 2.78. The standard InChI is InChI=1S/C19H18ClN3O2/c20-15-3-4-17-13(9-15)1-2-14-10-16(23(24)25)11-22-19(14)18(17)12-5-7-21-8-6-12/h1-4,9-12,18,21H,5-8H2. The van der Waals surface area contributed by atoms with Crippen LogP contribution < -0.4 is 5.32 Å². The summed E-state index contributed by atoms with van der Waals surface area (Å²) in [7, 11) is 0. The zero-order valence-corrected chi connectivity index (χ0v) is 14.4. The van der Waals surface area contributed by atoms with Gasteiger partial charge in [-0.1, -0.05) is 29.8 Å². The molecule has 0 radical (unpaired) electrons. The number of fused-ring (bicyclic) bond motifs is 2. The number of rotatable bonds is 2. The largest absolute Gasteiger partial charge is 0.317 e. The maximum absolute atomic E-state index is 11.1. The molecule has 1 atom stereocenters. The molecule has 2 aliphatic rings. The second kappa shape index (κ2) is 6.58. The molecule has 5 nitrogen and oxygen atoms in total. The number of hydrogen-bond donors (Lipinski definition) is 1. The number of aromatic nitrogens is 1. The van der Waals surface area contributed by atoms with E-state index < -0.39 is 4.92 Å². The van der Waals surface area contributed by atoms with Crippen molar-refractivity contribution in [3.63, 3.8) is 0 Å². The molecule has 1 N–H and O–H groups in total. The van der Waals surface area contributed by atoms with Crippen LogP contribution in [0, 0.1) is 16.0 Å². The number of benzene rings is 1. The number of pyridine rings is 1. The molecule has 1 aliphatic heterocycles. The molecule has 0 amide bonds. The normalized spacial score (nSPS) is 19.8. The third-order valence-corrected chi connectivity index (χ3v) is 5.36. The van der Waals surface area contributed by atoms with E-state index in [0.717, 1.165) is 42.8 Å². The van der Waals surface area contributed by atoms with Gasteiger partial charge in [-0.25, -0.2) is 0 Å². The number of nitrogens with zero attached hydrogens (tertiary/aromatic N) is 2. The van der Waals surface area contributed by atoms with Gasteiger partial charge in [-0.05, 0) is 55.1 Å². The van der Waals surface area contributed by atoms with Crippen LogP contribution in [-0.4, -0.2) is 23.0 Å². The van der Waals surface area contributed by atoms with Gasteiger partial charge in [-0.15, -0.1) is 0 Å². The number of halogens is 1. The minimum absolute atomic E-state index is 0.0245. The van der Waals surface area contributed by atoms with Crippen LogP contribution >= 0.6 is 11.6 Å². The zero-order valence-electron chi connectivity index (χ0n) is 13.6. The van der Waals surface area contributed by atoms with Crippen molar-refractivity contribution in [1.82, 2.24) is 10.3 Å². The Morgan fingerprint density at radius 2 is 1.92 bits per heavy atom. The SMILES string of the molecule is O=[N+]([O-])c1cnc2c(c1)C=Cc1cc(Cl)ccc1C2C1CCNCC1. The average molecular weight is 356 g/mol. The van der Waals surface area contributed by atoms with Crippen LogP contribution in [0.25, 0.3) is 12.2 Å². The van der Waals surface area contributed by atoms with E-state index in [1.54, 1.807) is 6.07 Å². The van der Waals surface area contributed by atoms with Gasteiger partial charge in [0.1, 0.15) is 6.20 Å². The Morgan fingerprint density at radius 1 is 1.16 bits per heavy atom. The second-order valence-electron chi connectivity index (χ2n) is 6.60. The van der Waals surface area contributed by atoms with Crippen LogP contribution in [0.15, 0.2) is 30.5 Å². The third kappa shape index (κ3) is 3.05. The van der Waals surface area contributed by atoms with Crippen LogP contribution in [0.3, 0.4) is 0 Å². The quantitative estimate of drug-likeness (QED) is 0.645. The first-order valence-electron chi connectivity index (χ1n) is 8.46. The highest BCUT2D eigenvalue weighted by Crippen LogP contribution is 2.42. The molecule has 2 aromatic rings. The number of piperidine rings is 1. The monoisotopic (exact) mass is 355 g/mol. The Hall–Kier alpha value is -2.24. The van der Waals surface area contributed by atoms with Crippen molar-refractivity contribution in [3.8, 4) is 0 Å². The molecule has 25 heavy (non-hydrogen) atoms. The van der Waals surface area contributed by atoms with E-state index in [4.69, 9.17) is 11.6 Å². The Labute approximate surface area is 150 Å². The fourth-order valence-corrected chi connectivity index (χ4v) is 4.11. The number of nitro groups is 1. The Balaban J connectivity index is 1.89. The van der Waals surface area contributed by atoms with Gasteiger partial charge in [-0.2, -0.15) is 0 Å². The van der Waals surface area contributed by atoms with Gasteiger partial charge in [0.05, 0.1) is 10.6 Å². The van der Waals surface area contributed by atoms with Crippen molar-refractivity contribution in [3.05, 3.63) is 68.0 Å². The van der Waals surface area contributed by atoms with Gasteiger partial charge < -0.3 is 5.32 Å². The molecule has 4 rings (SSSR count). The van der Waals surface area contributed by atoms with Crippen LogP contribution in [0.2, 0.25) is 5.02 Å². The summed E-state index contributed by atoms with van der Waals surface area (Å²) in [6.07, 6.45) is 7.41. The lowest BCUT2D eigenvalue weighted by molar-refractivity contribution is -0.385. The van der Waals surface area contributed by atoms with Crippen LogP contribution in [-0.2, 0) is 0 Å². The molecular weight excluding hydrogens is 338 g/mol. The Bertz CT molecular complexity index is 860. The first-order chi connectivity index (χ1) is 12.1. The van der Waals surface area contributed by atoms with Gasteiger partial charge in [0.2, 0.25) is 0 Å².